The Balaban J connectivity index is 2.02. The molecule has 0 atom stereocenters. The molecule has 2 heterocycles. The largest absolute Gasteiger partial charge is 0.300 e. The van der Waals surface area contributed by atoms with Crippen molar-refractivity contribution >= 4 is 0 Å². The molecular weight excluding hydrogens is 202 g/mol. The van der Waals surface area contributed by atoms with E-state index < -0.39 is 0 Å². The number of nitrogens with one attached hydrogen (secondary N) is 1. The molecule has 0 unspecified atom stereocenters. The molecule has 1 aromatic heterocycles. The second-order valence-corrected chi connectivity index (χ2v) is 5.16. The molecule has 4 nitrogen and oxygen atoms in total. The van der Waals surface area contributed by atoms with Gasteiger partial charge >= 0.3 is 0 Å². The minimum absolute atomic E-state index is 0.148. The lowest BCUT2D eigenvalue weighted by Crippen LogP contribution is -2.29. The third-order valence-electron chi connectivity index (χ3n) is 3.99. The summed E-state index contributed by atoms with van der Waals surface area (Å²) in [6, 6.07) is 0.544. The molecule has 1 N–H and O–H groups in total. The van der Waals surface area contributed by atoms with Crippen LogP contribution in [0.5, 0.6) is 0 Å². The number of H-pyrrole nitrogens is 1. The maximum Gasteiger partial charge on any atom is 0.267 e. The first-order valence-electron chi connectivity index (χ1n) is 6.26. The molecule has 0 spiro atoms. The molecule has 1 aromatic rings. The van der Waals surface area contributed by atoms with Crippen molar-refractivity contribution in [1.29, 1.82) is 0 Å². The summed E-state index contributed by atoms with van der Waals surface area (Å²) in [5.41, 5.74) is 2.42. The zero-order chi connectivity index (χ0) is 11.1. The fraction of sp³-hybridized carbons (Fsp3) is 0.750. The summed E-state index contributed by atoms with van der Waals surface area (Å²) < 4.78 is 2.17. The molecule has 4 heteroatoms. The Morgan fingerprint density at radius 2 is 2.06 bits per heavy atom. The maximum absolute atomic E-state index is 11.9. The molecule has 1 aliphatic heterocycles. The van der Waals surface area contributed by atoms with Crippen LogP contribution >= 0.6 is 0 Å². The van der Waals surface area contributed by atoms with E-state index in [1.54, 1.807) is 0 Å². The number of fused-ring (bicyclic) bond motifs is 1. The predicted molar refractivity (Wildman–Crippen MR) is 62.6 cm³/mol. The molecule has 1 saturated carbocycles. The zero-order valence-electron chi connectivity index (χ0n) is 9.83. The van der Waals surface area contributed by atoms with Crippen LogP contribution in [0.4, 0.5) is 0 Å². The fourth-order valence-corrected chi connectivity index (χ4v) is 3.06. The highest BCUT2D eigenvalue weighted by atomic mass is 16.1. The Bertz CT molecular complexity index is 440. The fourth-order valence-electron chi connectivity index (χ4n) is 3.06. The normalized spacial score (nSPS) is 22.6. The van der Waals surface area contributed by atoms with Crippen LogP contribution in [-0.2, 0) is 13.0 Å². The van der Waals surface area contributed by atoms with Gasteiger partial charge in [0.25, 0.3) is 5.56 Å². The van der Waals surface area contributed by atoms with Crippen LogP contribution in [0, 0.1) is 0 Å². The molecule has 0 radical (unpaired) electrons. The molecule has 16 heavy (non-hydrogen) atoms. The van der Waals surface area contributed by atoms with Gasteiger partial charge in [-0.25, -0.2) is 0 Å². The van der Waals surface area contributed by atoms with Crippen LogP contribution in [0.1, 0.15) is 43.0 Å². The number of rotatable bonds is 1. The maximum atomic E-state index is 11.9. The van der Waals surface area contributed by atoms with Crippen LogP contribution in [0.25, 0.3) is 0 Å². The van der Waals surface area contributed by atoms with E-state index in [4.69, 9.17) is 0 Å². The van der Waals surface area contributed by atoms with Gasteiger partial charge in [0.15, 0.2) is 0 Å². The zero-order valence-corrected chi connectivity index (χ0v) is 9.83. The second-order valence-electron chi connectivity index (χ2n) is 5.16. The number of aromatic amines is 1. The Morgan fingerprint density at radius 1 is 1.31 bits per heavy atom. The molecule has 1 aliphatic carbocycles. The minimum atomic E-state index is 0.148. The first kappa shape index (κ1) is 10.1. The van der Waals surface area contributed by atoms with Crippen molar-refractivity contribution < 1.29 is 0 Å². The van der Waals surface area contributed by atoms with E-state index >= 15 is 0 Å². The Hall–Kier alpha value is -1.03. The van der Waals surface area contributed by atoms with Crippen LogP contribution in [-0.4, -0.2) is 28.3 Å². The smallest absolute Gasteiger partial charge is 0.267 e. The molecule has 3 rings (SSSR count). The van der Waals surface area contributed by atoms with E-state index in [9.17, 15) is 4.79 Å². The van der Waals surface area contributed by atoms with Crippen molar-refractivity contribution in [3.05, 3.63) is 21.6 Å². The highest BCUT2D eigenvalue weighted by molar-refractivity contribution is 5.21. The van der Waals surface area contributed by atoms with Gasteiger partial charge in [-0.1, -0.05) is 12.8 Å². The van der Waals surface area contributed by atoms with E-state index in [1.807, 2.05) is 0 Å². The van der Waals surface area contributed by atoms with Gasteiger partial charge in [0.2, 0.25) is 0 Å². The lowest BCUT2D eigenvalue weighted by molar-refractivity contribution is 0.292. The molecular formula is C12H19N3O. The molecule has 2 aliphatic rings. The summed E-state index contributed by atoms with van der Waals surface area (Å²) in [6.07, 6.45) is 5.95. The van der Waals surface area contributed by atoms with E-state index in [0.29, 0.717) is 6.04 Å². The van der Waals surface area contributed by atoms with Gasteiger partial charge < -0.3 is 4.90 Å². The SMILES string of the molecule is CN1CCc2c(n(C3CCCC3)[nH]c2=O)C1. The van der Waals surface area contributed by atoms with Gasteiger partial charge in [-0.3, -0.25) is 14.6 Å². The van der Waals surface area contributed by atoms with Crippen LogP contribution in [0.15, 0.2) is 4.79 Å². The second kappa shape index (κ2) is 3.77. The molecule has 88 valence electrons. The predicted octanol–water partition coefficient (Wildman–Crippen LogP) is 1.28. The number of hydrogen-bond acceptors (Lipinski definition) is 2. The van der Waals surface area contributed by atoms with Crippen molar-refractivity contribution in [2.45, 2.75) is 44.7 Å². The lowest BCUT2D eigenvalue weighted by Gasteiger charge is -2.25. The van der Waals surface area contributed by atoms with Crippen molar-refractivity contribution in [1.82, 2.24) is 14.7 Å². The molecule has 0 saturated heterocycles. The van der Waals surface area contributed by atoms with E-state index in [1.165, 1.54) is 31.4 Å². The first-order valence-corrected chi connectivity index (χ1v) is 6.26. The Kier molecular flexibility index (Phi) is 2.39. The van der Waals surface area contributed by atoms with Crippen molar-refractivity contribution in [2.24, 2.45) is 0 Å². The summed E-state index contributed by atoms with van der Waals surface area (Å²) in [4.78, 5) is 14.1. The molecule has 1 fully saturated rings. The standard InChI is InChI=1S/C12H19N3O/c1-14-7-6-10-11(8-14)15(13-12(10)16)9-4-2-3-5-9/h9H,2-8H2,1H3,(H,13,16). The van der Waals surface area contributed by atoms with Gasteiger partial charge in [0.05, 0.1) is 11.7 Å². The van der Waals surface area contributed by atoms with Gasteiger partial charge in [0.1, 0.15) is 0 Å². The van der Waals surface area contributed by atoms with Gasteiger partial charge in [-0.05, 0) is 26.3 Å². The van der Waals surface area contributed by atoms with Gasteiger partial charge in [-0.2, -0.15) is 0 Å². The van der Waals surface area contributed by atoms with E-state index in [-0.39, 0.29) is 5.56 Å². The number of hydrogen-bond donors (Lipinski definition) is 1. The average Bonchev–Trinajstić information content (AvgIpc) is 2.86. The summed E-state index contributed by atoms with van der Waals surface area (Å²) in [5, 5.41) is 3.05. The Morgan fingerprint density at radius 3 is 2.81 bits per heavy atom. The number of likely N-dealkylation sites (N-methyl/N-ethyl adjacent to an activating group) is 1. The Labute approximate surface area is 95.2 Å². The molecule has 0 aromatic carbocycles. The topological polar surface area (TPSA) is 41.0 Å². The van der Waals surface area contributed by atoms with Crippen LogP contribution in [0.2, 0.25) is 0 Å². The summed E-state index contributed by atoms with van der Waals surface area (Å²) in [5.74, 6) is 0. The van der Waals surface area contributed by atoms with Gasteiger partial charge in [0, 0.05) is 18.7 Å². The van der Waals surface area contributed by atoms with Crippen molar-refractivity contribution in [3.8, 4) is 0 Å². The summed E-state index contributed by atoms with van der Waals surface area (Å²) >= 11 is 0. The quantitative estimate of drug-likeness (QED) is 0.776. The number of aromatic nitrogens is 2. The highest BCUT2D eigenvalue weighted by Gasteiger charge is 2.26. The molecule has 0 amide bonds. The monoisotopic (exact) mass is 221 g/mol. The summed E-state index contributed by atoms with van der Waals surface area (Å²) in [6.45, 7) is 1.93. The average molecular weight is 221 g/mol. The van der Waals surface area contributed by atoms with Gasteiger partial charge in [-0.15, -0.1) is 0 Å². The first-order chi connectivity index (χ1) is 7.75. The minimum Gasteiger partial charge on any atom is -0.300 e. The third-order valence-corrected chi connectivity index (χ3v) is 3.99. The molecule has 0 bridgehead atoms. The van der Waals surface area contributed by atoms with E-state index in [0.717, 1.165) is 25.1 Å². The van der Waals surface area contributed by atoms with Crippen LogP contribution < -0.4 is 5.56 Å². The lowest BCUT2D eigenvalue weighted by atomic mass is 10.1. The van der Waals surface area contributed by atoms with Crippen molar-refractivity contribution in [3.63, 3.8) is 0 Å². The van der Waals surface area contributed by atoms with E-state index in [2.05, 4.69) is 21.7 Å². The van der Waals surface area contributed by atoms with Crippen LogP contribution in [0.3, 0.4) is 0 Å². The highest BCUT2D eigenvalue weighted by Crippen LogP contribution is 2.31. The number of nitrogens with zero attached hydrogens (tertiary/aromatic N) is 2. The van der Waals surface area contributed by atoms with Crippen molar-refractivity contribution in [2.75, 3.05) is 13.6 Å². The third kappa shape index (κ3) is 1.52. The summed E-state index contributed by atoms with van der Waals surface area (Å²) in [7, 11) is 2.12.